The van der Waals surface area contributed by atoms with Gasteiger partial charge in [-0.3, -0.25) is 4.57 Å². The van der Waals surface area contributed by atoms with Gasteiger partial charge < -0.3 is 10.3 Å². The van der Waals surface area contributed by atoms with Gasteiger partial charge in [-0.1, -0.05) is 0 Å². The summed E-state index contributed by atoms with van der Waals surface area (Å²) in [7, 11) is 0. The molecule has 0 spiro atoms. The molecule has 0 amide bonds. The Morgan fingerprint density at radius 2 is 1.87 bits per heavy atom. The minimum atomic E-state index is -3.03. The Hall–Kier alpha value is -3.36. The van der Waals surface area contributed by atoms with Crippen LogP contribution in [0.3, 0.4) is 0 Å². The molecule has 3 heterocycles. The van der Waals surface area contributed by atoms with Crippen molar-refractivity contribution in [1.29, 1.82) is 0 Å². The lowest BCUT2D eigenvalue weighted by Gasteiger charge is -2.35. The first-order valence-electron chi connectivity index (χ1n) is 9.31. The van der Waals surface area contributed by atoms with Crippen molar-refractivity contribution in [2.45, 2.75) is 32.7 Å². The van der Waals surface area contributed by atoms with Gasteiger partial charge in [0.2, 0.25) is 0 Å². The van der Waals surface area contributed by atoms with Crippen molar-refractivity contribution in [3.05, 3.63) is 59.3 Å². The van der Waals surface area contributed by atoms with Gasteiger partial charge in [-0.15, -0.1) is 10.2 Å². The first-order chi connectivity index (χ1) is 14.2. The molecule has 0 unspecified atom stereocenters. The van der Waals surface area contributed by atoms with Gasteiger partial charge in [0.05, 0.1) is 22.5 Å². The number of alkyl halides is 2. The highest BCUT2D eigenvalue weighted by Crippen LogP contribution is 2.47. The number of aromatic amines is 1. The fraction of sp³-hybridized carbons (Fsp3) is 0.238. The van der Waals surface area contributed by atoms with Crippen LogP contribution < -0.4 is 5.32 Å². The van der Waals surface area contributed by atoms with Crippen molar-refractivity contribution in [2.24, 2.45) is 0 Å². The summed E-state index contributed by atoms with van der Waals surface area (Å²) in [5.74, 6) is -0.698. The molecule has 0 fully saturated rings. The number of aryl methyl sites for hydroxylation is 1. The molecular weight excluding hydrogens is 398 g/mol. The van der Waals surface area contributed by atoms with Gasteiger partial charge in [-0.25, -0.2) is 17.6 Å². The molecule has 0 aliphatic carbocycles. The van der Waals surface area contributed by atoms with E-state index in [4.69, 9.17) is 0 Å². The minimum absolute atomic E-state index is 0.0546. The summed E-state index contributed by atoms with van der Waals surface area (Å²) in [6.45, 7) is 5.26. The highest BCUT2D eigenvalue weighted by Gasteiger charge is 2.38. The second kappa shape index (κ2) is 6.07. The molecule has 154 valence electrons. The number of halogens is 4. The lowest BCUT2D eigenvalue weighted by Crippen LogP contribution is -2.36. The quantitative estimate of drug-likeness (QED) is 0.419. The Balaban J connectivity index is 1.93. The van der Waals surface area contributed by atoms with Gasteiger partial charge in [-0.05, 0) is 50.6 Å². The zero-order valence-electron chi connectivity index (χ0n) is 16.3. The first kappa shape index (κ1) is 18.7. The Bertz CT molecular complexity index is 1320. The van der Waals surface area contributed by atoms with Crippen LogP contribution in [0.1, 0.15) is 37.5 Å². The molecule has 4 aromatic rings. The second-order valence-electron chi connectivity index (χ2n) is 7.89. The molecule has 2 N–H and O–H groups in total. The molecule has 0 atom stereocenters. The Labute approximate surface area is 168 Å². The molecule has 0 radical (unpaired) electrons. The van der Waals surface area contributed by atoms with Crippen molar-refractivity contribution in [2.75, 3.05) is 5.32 Å². The molecule has 9 heteroatoms. The Kier molecular flexibility index (Phi) is 3.77. The lowest BCUT2D eigenvalue weighted by atomic mass is 9.91. The number of anilines is 1. The number of hydrogen-bond donors (Lipinski definition) is 2. The van der Waals surface area contributed by atoms with Crippen LogP contribution in [0.4, 0.5) is 23.2 Å². The summed E-state index contributed by atoms with van der Waals surface area (Å²) in [5.41, 5.74) is -0.908. The number of fused-ring (bicyclic) bond motifs is 4. The van der Waals surface area contributed by atoms with Gasteiger partial charge in [0.15, 0.2) is 5.82 Å². The number of nitrogens with one attached hydrogen (secondary N) is 2. The third-order valence-electron chi connectivity index (χ3n) is 5.47. The average molecular weight is 415 g/mol. The van der Waals surface area contributed by atoms with Crippen molar-refractivity contribution in [1.82, 2.24) is 19.7 Å². The highest BCUT2D eigenvalue weighted by molar-refractivity contribution is 5.97. The van der Waals surface area contributed by atoms with E-state index in [-0.39, 0.29) is 22.5 Å². The fourth-order valence-corrected chi connectivity index (χ4v) is 4.25. The van der Waals surface area contributed by atoms with Crippen molar-refractivity contribution >= 4 is 16.6 Å². The standard InChI is InChI=1S/C21H17F4N5/c1-9-28-29-20-21(2,3)27-15-8-13(23)16(17(19(24)25)18(15)30(9)20)12-6-10(22)7-14-11(12)4-5-26-14/h4-8,19,26-27H,1-3H3. The van der Waals surface area contributed by atoms with E-state index in [0.29, 0.717) is 22.6 Å². The summed E-state index contributed by atoms with van der Waals surface area (Å²) in [4.78, 5) is 2.84. The van der Waals surface area contributed by atoms with E-state index in [0.717, 1.165) is 6.07 Å². The topological polar surface area (TPSA) is 58.5 Å². The van der Waals surface area contributed by atoms with E-state index in [2.05, 4.69) is 20.5 Å². The fourth-order valence-electron chi connectivity index (χ4n) is 4.25. The predicted molar refractivity (Wildman–Crippen MR) is 105 cm³/mol. The molecule has 5 rings (SSSR count). The zero-order chi connectivity index (χ0) is 21.4. The molecule has 0 saturated carbocycles. The molecule has 1 aliphatic heterocycles. The third-order valence-corrected chi connectivity index (χ3v) is 5.47. The summed E-state index contributed by atoms with van der Waals surface area (Å²) >= 11 is 0. The van der Waals surface area contributed by atoms with Crippen LogP contribution in [0.25, 0.3) is 27.7 Å². The van der Waals surface area contributed by atoms with Gasteiger partial charge in [-0.2, -0.15) is 0 Å². The highest BCUT2D eigenvalue weighted by atomic mass is 19.3. The van der Waals surface area contributed by atoms with E-state index in [9.17, 15) is 13.2 Å². The molecule has 2 aromatic heterocycles. The molecule has 5 nitrogen and oxygen atoms in total. The Morgan fingerprint density at radius 3 is 2.60 bits per heavy atom. The predicted octanol–water partition coefficient (Wildman–Crippen LogP) is 5.60. The molecule has 0 bridgehead atoms. The number of rotatable bonds is 2. The summed E-state index contributed by atoms with van der Waals surface area (Å²) in [6.07, 6.45) is -1.47. The van der Waals surface area contributed by atoms with Gasteiger partial charge >= 0.3 is 0 Å². The van der Waals surface area contributed by atoms with Crippen molar-refractivity contribution in [3.63, 3.8) is 0 Å². The maximum atomic E-state index is 15.4. The number of H-pyrrole nitrogens is 1. The van der Waals surface area contributed by atoms with Gasteiger partial charge in [0.25, 0.3) is 6.43 Å². The molecule has 30 heavy (non-hydrogen) atoms. The normalized spacial score (nSPS) is 14.7. The van der Waals surface area contributed by atoms with Crippen LogP contribution in [-0.4, -0.2) is 19.7 Å². The number of nitrogens with zero attached hydrogens (tertiary/aromatic N) is 3. The number of benzene rings is 2. The zero-order valence-corrected chi connectivity index (χ0v) is 16.3. The number of hydrogen-bond acceptors (Lipinski definition) is 3. The van der Waals surface area contributed by atoms with Crippen LogP contribution in [0.2, 0.25) is 0 Å². The molecule has 0 saturated heterocycles. The largest absolute Gasteiger partial charge is 0.371 e. The summed E-state index contributed by atoms with van der Waals surface area (Å²) < 4.78 is 60.1. The summed E-state index contributed by atoms with van der Waals surface area (Å²) in [5, 5.41) is 11.7. The molecule has 2 aromatic carbocycles. The smallest absolute Gasteiger partial charge is 0.266 e. The van der Waals surface area contributed by atoms with Crippen LogP contribution in [0.15, 0.2) is 30.5 Å². The first-order valence-corrected chi connectivity index (χ1v) is 9.31. The minimum Gasteiger partial charge on any atom is -0.371 e. The maximum Gasteiger partial charge on any atom is 0.266 e. The van der Waals surface area contributed by atoms with Gasteiger partial charge in [0.1, 0.15) is 17.5 Å². The third kappa shape index (κ3) is 2.47. The molecular formula is C21H17F4N5. The van der Waals surface area contributed by atoms with Crippen LogP contribution in [0, 0.1) is 18.6 Å². The monoisotopic (exact) mass is 415 g/mol. The van der Waals surface area contributed by atoms with E-state index >= 15 is 4.39 Å². The van der Waals surface area contributed by atoms with Crippen molar-refractivity contribution in [3.8, 4) is 16.8 Å². The Morgan fingerprint density at radius 1 is 1.10 bits per heavy atom. The summed E-state index contributed by atoms with van der Waals surface area (Å²) in [6, 6.07) is 5.09. The van der Waals surface area contributed by atoms with E-state index in [1.54, 1.807) is 33.0 Å². The van der Waals surface area contributed by atoms with E-state index in [1.807, 2.05) is 0 Å². The van der Waals surface area contributed by atoms with Crippen LogP contribution in [-0.2, 0) is 5.54 Å². The maximum absolute atomic E-state index is 15.4. The second-order valence-corrected chi connectivity index (χ2v) is 7.89. The average Bonchev–Trinajstić information content (AvgIpc) is 3.27. The van der Waals surface area contributed by atoms with Crippen LogP contribution >= 0.6 is 0 Å². The van der Waals surface area contributed by atoms with Crippen LogP contribution in [0.5, 0.6) is 0 Å². The SMILES string of the molecule is Cc1nnc2n1-c1c(cc(F)c(-c3cc(F)cc4[nH]ccc34)c1C(F)F)NC2(C)C. The lowest BCUT2D eigenvalue weighted by molar-refractivity contribution is 0.151. The number of aromatic nitrogens is 4. The van der Waals surface area contributed by atoms with Gasteiger partial charge in [0, 0.05) is 22.7 Å². The molecule has 1 aliphatic rings. The van der Waals surface area contributed by atoms with E-state index < -0.39 is 29.2 Å². The van der Waals surface area contributed by atoms with E-state index in [1.165, 1.54) is 16.7 Å². The van der Waals surface area contributed by atoms with Crippen molar-refractivity contribution < 1.29 is 17.6 Å².